The van der Waals surface area contributed by atoms with E-state index < -0.39 is 6.10 Å². The quantitative estimate of drug-likeness (QED) is 0.731. The zero-order valence-corrected chi connectivity index (χ0v) is 10.3. The van der Waals surface area contributed by atoms with E-state index in [0.717, 1.165) is 27.9 Å². The number of nitrogens with zero attached hydrogens (tertiary/aromatic N) is 1. The van der Waals surface area contributed by atoms with Gasteiger partial charge in [-0.3, -0.25) is 5.10 Å². The zero-order chi connectivity index (χ0) is 12.7. The Labute approximate surface area is 105 Å². The van der Waals surface area contributed by atoms with E-state index in [4.69, 9.17) is 10.5 Å². The third-order valence-corrected chi connectivity index (χ3v) is 3.26. The van der Waals surface area contributed by atoms with Gasteiger partial charge in [-0.05, 0) is 19.1 Å². The van der Waals surface area contributed by atoms with Gasteiger partial charge in [0.05, 0.1) is 17.3 Å². The van der Waals surface area contributed by atoms with Crippen molar-refractivity contribution in [2.75, 3.05) is 6.61 Å². The van der Waals surface area contributed by atoms with Crippen LogP contribution in [0.15, 0.2) is 12.1 Å². The SMILES string of the molecule is C[C@H](N)Cc1n[nH]c2ccc3c(c12)CC(O)CO3. The lowest BCUT2D eigenvalue weighted by atomic mass is 9.97. The van der Waals surface area contributed by atoms with E-state index in [-0.39, 0.29) is 6.04 Å². The van der Waals surface area contributed by atoms with E-state index in [1.54, 1.807) is 0 Å². The van der Waals surface area contributed by atoms with Gasteiger partial charge in [-0.1, -0.05) is 0 Å². The lowest BCUT2D eigenvalue weighted by molar-refractivity contribution is 0.0927. The normalized spacial score (nSPS) is 20.5. The molecule has 2 atom stereocenters. The maximum atomic E-state index is 9.75. The second kappa shape index (κ2) is 4.26. The van der Waals surface area contributed by atoms with Crippen molar-refractivity contribution in [2.24, 2.45) is 5.73 Å². The predicted octanol–water partition coefficient (Wildman–Crippen LogP) is 0.748. The summed E-state index contributed by atoms with van der Waals surface area (Å²) in [5.41, 5.74) is 8.81. The third-order valence-electron chi connectivity index (χ3n) is 3.26. The summed E-state index contributed by atoms with van der Waals surface area (Å²) in [6, 6.07) is 3.95. The second-order valence-corrected chi connectivity index (χ2v) is 4.99. The van der Waals surface area contributed by atoms with Crippen LogP contribution in [0.2, 0.25) is 0 Å². The van der Waals surface area contributed by atoms with Crippen molar-refractivity contribution in [1.29, 1.82) is 0 Å². The Hall–Kier alpha value is -1.59. The molecule has 0 radical (unpaired) electrons. The van der Waals surface area contributed by atoms with Crippen LogP contribution in [0, 0.1) is 0 Å². The van der Waals surface area contributed by atoms with Crippen LogP contribution in [-0.4, -0.2) is 34.1 Å². The summed E-state index contributed by atoms with van der Waals surface area (Å²) >= 11 is 0. The van der Waals surface area contributed by atoms with Crippen LogP contribution >= 0.6 is 0 Å². The van der Waals surface area contributed by atoms with E-state index in [1.807, 2.05) is 19.1 Å². The van der Waals surface area contributed by atoms with Gasteiger partial charge in [0.2, 0.25) is 0 Å². The minimum atomic E-state index is -0.443. The summed E-state index contributed by atoms with van der Waals surface area (Å²) in [6.45, 7) is 2.32. The van der Waals surface area contributed by atoms with Gasteiger partial charge in [-0.2, -0.15) is 5.10 Å². The monoisotopic (exact) mass is 247 g/mol. The van der Waals surface area contributed by atoms with Gasteiger partial charge >= 0.3 is 0 Å². The average Bonchev–Trinajstić information content (AvgIpc) is 2.72. The number of aromatic amines is 1. The number of rotatable bonds is 2. The van der Waals surface area contributed by atoms with Crippen molar-refractivity contribution in [2.45, 2.75) is 31.9 Å². The van der Waals surface area contributed by atoms with Crippen LogP contribution < -0.4 is 10.5 Å². The number of aromatic nitrogens is 2. The maximum Gasteiger partial charge on any atom is 0.123 e. The number of hydrogen-bond donors (Lipinski definition) is 3. The van der Waals surface area contributed by atoms with Crippen LogP contribution in [0.1, 0.15) is 18.2 Å². The lowest BCUT2D eigenvalue weighted by Gasteiger charge is -2.22. The fourth-order valence-electron chi connectivity index (χ4n) is 2.51. The molecule has 0 aliphatic carbocycles. The molecule has 0 spiro atoms. The Balaban J connectivity index is 2.16. The molecule has 0 fully saturated rings. The maximum absolute atomic E-state index is 9.75. The Morgan fingerprint density at radius 2 is 2.44 bits per heavy atom. The molecule has 1 aliphatic heterocycles. The zero-order valence-electron chi connectivity index (χ0n) is 10.3. The average molecular weight is 247 g/mol. The molecule has 18 heavy (non-hydrogen) atoms. The molecule has 96 valence electrons. The van der Waals surface area contributed by atoms with Gasteiger partial charge in [0.25, 0.3) is 0 Å². The Bertz CT molecular complexity index is 577. The molecular formula is C13H17N3O2. The van der Waals surface area contributed by atoms with Crippen molar-refractivity contribution in [3.05, 3.63) is 23.4 Å². The lowest BCUT2D eigenvalue weighted by Crippen LogP contribution is -2.25. The van der Waals surface area contributed by atoms with Crippen LogP contribution in [0.25, 0.3) is 10.9 Å². The molecule has 5 heteroatoms. The molecule has 1 unspecified atom stereocenters. The van der Waals surface area contributed by atoms with Gasteiger partial charge in [0, 0.05) is 29.8 Å². The predicted molar refractivity (Wildman–Crippen MR) is 68.7 cm³/mol. The molecule has 0 bridgehead atoms. The molecule has 1 aliphatic rings. The number of H-pyrrole nitrogens is 1. The summed E-state index contributed by atoms with van der Waals surface area (Å²) in [5.74, 6) is 0.847. The third kappa shape index (κ3) is 1.85. The topological polar surface area (TPSA) is 84.2 Å². The molecule has 4 N–H and O–H groups in total. The molecule has 0 saturated heterocycles. The van der Waals surface area contributed by atoms with Crippen molar-refractivity contribution >= 4 is 10.9 Å². The van der Waals surface area contributed by atoms with Gasteiger partial charge in [-0.25, -0.2) is 0 Å². The van der Waals surface area contributed by atoms with Crippen LogP contribution in [-0.2, 0) is 12.8 Å². The van der Waals surface area contributed by atoms with E-state index in [0.29, 0.717) is 19.4 Å². The van der Waals surface area contributed by atoms with Gasteiger partial charge in [-0.15, -0.1) is 0 Å². The highest BCUT2D eigenvalue weighted by atomic mass is 16.5. The van der Waals surface area contributed by atoms with Gasteiger partial charge in [0.1, 0.15) is 12.4 Å². The first-order valence-corrected chi connectivity index (χ1v) is 6.20. The fourth-order valence-corrected chi connectivity index (χ4v) is 2.51. The molecule has 1 aromatic carbocycles. The largest absolute Gasteiger partial charge is 0.491 e. The number of fused-ring (bicyclic) bond motifs is 3. The van der Waals surface area contributed by atoms with E-state index in [1.165, 1.54) is 0 Å². The number of hydrogen-bond acceptors (Lipinski definition) is 4. The number of ether oxygens (including phenoxy) is 1. The van der Waals surface area contributed by atoms with Crippen molar-refractivity contribution < 1.29 is 9.84 Å². The minimum absolute atomic E-state index is 0.0572. The first-order valence-electron chi connectivity index (χ1n) is 6.20. The molecule has 5 nitrogen and oxygen atoms in total. The molecule has 2 heterocycles. The highest BCUT2D eigenvalue weighted by Crippen LogP contribution is 2.33. The van der Waals surface area contributed by atoms with E-state index >= 15 is 0 Å². The number of nitrogens with one attached hydrogen (secondary N) is 1. The van der Waals surface area contributed by atoms with E-state index in [9.17, 15) is 5.11 Å². The standard InChI is InChI=1S/C13H17N3O2/c1-7(14)4-11-13-9-5-8(17)6-18-12(9)3-2-10(13)15-16-11/h2-3,7-8,17H,4-6,14H2,1H3,(H,15,16)/t7-,8?/m0/s1. The molecule has 3 rings (SSSR count). The van der Waals surface area contributed by atoms with Gasteiger partial charge < -0.3 is 15.6 Å². The number of benzene rings is 1. The Morgan fingerprint density at radius 3 is 3.22 bits per heavy atom. The van der Waals surface area contributed by atoms with Crippen molar-refractivity contribution in [3.63, 3.8) is 0 Å². The summed E-state index contributed by atoms with van der Waals surface area (Å²) in [7, 11) is 0. The summed E-state index contributed by atoms with van der Waals surface area (Å²) in [4.78, 5) is 0. The summed E-state index contributed by atoms with van der Waals surface area (Å²) in [5, 5.41) is 18.1. The second-order valence-electron chi connectivity index (χ2n) is 4.99. The highest BCUT2D eigenvalue weighted by Gasteiger charge is 2.22. The minimum Gasteiger partial charge on any atom is -0.491 e. The number of aliphatic hydroxyl groups excluding tert-OH is 1. The molecule has 0 saturated carbocycles. The van der Waals surface area contributed by atoms with Crippen LogP contribution in [0.5, 0.6) is 5.75 Å². The fraction of sp³-hybridized carbons (Fsp3) is 0.462. The molecular weight excluding hydrogens is 230 g/mol. The first kappa shape index (κ1) is 11.5. The highest BCUT2D eigenvalue weighted by molar-refractivity contribution is 5.87. The van der Waals surface area contributed by atoms with Crippen molar-refractivity contribution in [1.82, 2.24) is 10.2 Å². The summed E-state index contributed by atoms with van der Waals surface area (Å²) in [6.07, 6.45) is 0.881. The van der Waals surface area contributed by atoms with E-state index in [2.05, 4.69) is 10.2 Å². The Morgan fingerprint density at radius 1 is 1.61 bits per heavy atom. The number of aliphatic hydroxyl groups is 1. The first-order chi connectivity index (χ1) is 8.65. The van der Waals surface area contributed by atoms with Crippen molar-refractivity contribution in [3.8, 4) is 5.75 Å². The summed E-state index contributed by atoms with van der Waals surface area (Å²) < 4.78 is 5.55. The van der Waals surface area contributed by atoms with Crippen LogP contribution in [0.4, 0.5) is 0 Å². The molecule has 1 aromatic heterocycles. The Kier molecular flexibility index (Phi) is 2.72. The van der Waals surface area contributed by atoms with Gasteiger partial charge in [0.15, 0.2) is 0 Å². The van der Waals surface area contributed by atoms with Crippen LogP contribution in [0.3, 0.4) is 0 Å². The molecule has 0 amide bonds. The molecule has 2 aromatic rings. The smallest absolute Gasteiger partial charge is 0.123 e. The number of nitrogens with two attached hydrogens (primary N) is 1.